The number of aromatic nitrogens is 5. The Labute approximate surface area is 138 Å². The molecule has 24 heavy (non-hydrogen) atoms. The molecule has 7 heteroatoms. The Morgan fingerprint density at radius 1 is 1.21 bits per heavy atom. The lowest BCUT2D eigenvalue weighted by Gasteiger charge is -2.01. The second-order valence-corrected chi connectivity index (χ2v) is 5.68. The quantitative estimate of drug-likeness (QED) is 0.745. The Morgan fingerprint density at radius 2 is 1.92 bits per heavy atom. The molecule has 3 rings (SSSR count). The first-order chi connectivity index (χ1) is 11.4. The van der Waals surface area contributed by atoms with E-state index in [-0.39, 0.29) is 5.57 Å². The van der Waals surface area contributed by atoms with E-state index in [1.807, 2.05) is 26.0 Å². The molecule has 0 aliphatic rings. The maximum absolute atomic E-state index is 11.5. The van der Waals surface area contributed by atoms with Crippen LogP contribution in [-0.2, 0) is 11.8 Å². The lowest BCUT2D eigenvalue weighted by molar-refractivity contribution is -0.130. The molecule has 2 heterocycles. The molecule has 0 spiro atoms. The van der Waals surface area contributed by atoms with Crippen LogP contribution in [0.2, 0.25) is 0 Å². The van der Waals surface area contributed by atoms with Crippen molar-refractivity contribution in [2.45, 2.75) is 13.8 Å². The lowest BCUT2D eigenvalue weighted by atomic mass is 10.1. The van der Waals surface area contributed by atoms with Gasteiger partial charge in [-0.3, -0.25) is 4.68 Å². The number of carboxylic acids is 1. The summed E-state index contributed by atoms with van der Waals surface area (Å²) in [7, 11) is 1.73. The Kier molecular flexibility index (Phi) is 3.99. The van der Waals surface area contributed by atoms with Crippen molar-refractivity contribution in [1.29, 1.82) is 0 Å². The minimum atomic E-state index is -1.05. The van der Waals surface area contributed by atoms with E-state index < -0.39 is 5.97 Å². The van der Waals surface area contributed by atoms with E-state index in [0.29, 0.717) is 11.4 Å². The minimum absolute atomic E-state index is 0.0972. The fourth-order valence-electron chi connectivity index (χ4n) is 2.52. The zero-order valence-corrected chi connectivity index (χ0v) is 13.6. The van der Waals surface area contributed by atoms with E-state index in [0.717, 1.165) is 16.7 Å². The van der Waals surface area contributed by atoms with Gasteiger partial charge in [-0.2, -0.15) is 5.10 Å². The molecule has 0 aliphatic heterocycles. The highest BCUT2D eigenvalue weighted by atomic mass is 16.4. The molecule has 1 aromatic carbocycles. The number of rotatable bonds is 4. The third-order valence-electron chi connectivity index (χ3n) is 3.50. The molecule has 0 atom stereocenters. The SMILES string of the molecule is Cc1cc(C)cc(-c2ncn(/C=C(/C(=O)O)c3cnn(C)c3)n2)c1. The number of carbonyl (C=O) groups is 1. The summed E-state index contributed by atoms with van der Waals surface area (Å²) in [5.41, 5.74) is 3.75. The van der Waals surface area contributed by atoms with Crippen molar-refractivity contribution in [2.75, 3.05) is 0 Å². The summed E-state index contributed by atoms with van der Waals surface area (Å²) < 4.78 is 2.96. The molecule has 3 aromatic rings. The predicted molar refractivity (Wildman–Crippen MR) is 89.9 cm³/mol. The number of benzene rings is 1. The van der Waals surface area contributed by atoms with Crippen LogP contribution < -0.4 is 0 Å². The second-order valence-electron chi connectivity index (χ2n) is 5.68. The molecule has 1 N–H and O–H groups in total. The summed E-state index contributed by atoms with van der Waals surface area (Å²) >= 11 is 0. The molecule has 0 unspecified atom stereocenters. The van der Waals surface area contributed by atoms with Crippen LogP contribution in [0.4, 0.5) is 0 Å². The summed E-state index contributed by atoms with van der Waals surface area (Å²) in [6.45, 7) is 4.02. The number of nitrogens with zero attached hydrogens (tertiary/aromatic N) is 5. The molecule has 0 amide bonds. The van der Waals surface area contributed by atoms with Gasteiger partial charge in [0, 0.05) is 30.6 Å². The van der Waals surface area contributed by atoms with Gasteiger partial charge in [0.1, 0.15) is 6.33 Å². The van der Waals surface area contributed by atoms with Crippen LogP contribution in [0.5, 0.6) is 0 Å². The molecule has 0 saturated heterocycles. The van der Waals surface area contributed by atoms with Crippen molar-refractivity contribution in [3.8, 4) is 11.4 Å². The van der Waals surface area contributed by atoms with Crippen molar-refractivity contribution in [1.82, 2.24) is 24.5 Å². The van der Waals surface area contributed by atoms with E-state index in [1.54, 1.807) is 17.9 Å². The van der Waals surface area contributed by atoms with E-state index in [2.05, 4.69) is 21.2 Å². The third-order valence-corrected chi connectivity index (χ3v) is 3.50. The van der Waals surface area contributed by atoms with Crippen LogP contribution in [0.3, 0.4) is 0 Å². The van der Waals surface area contributed by atoms with E-state index >= 15 is 0 Å². The maximum Gasteiger partial charge on any atom is 0.337 e. The van der Waals surface area contributed by atoms with Crippen molar-refractivity contribution in [3.05, 3.63) is 53.6 Å². The topological polar surface area (TPSA) is 85.8 Å². The van der Waals surface area contributed by atoms with Gasteiger partial charge in [0.2, 0.25) is 0 Å². The number of aryl methyl sites for hydroxylation is 3. The van der Waals surface area contributed by atoms with Gasteiger partial charge in [-0.1, -0.05) is 17.2 Å². The zero-order valence-electron chi connectivity index (χ0n) is 13.6. The molecule has 0 radical (unpaired) electrons. The highest BCUT2D eigenvalue weighted by Gasteiger charge is 2.13. The number of hydrogen-bond donors (Lipinski definition) is 1. The van der Waals surface area contributed by atoms with E-state index in [9.17, 15) is 9.90 Å². The van der Waals surface area contributed by atoms with Gasteiger partial charge in [-0.25, -0.2) is 14.5 Å². The molecule has 0 aliphatic carbocycles. The van der Waals surface area contributed by atoms with Crippen LogP contribution in [0.25, 0.3) is 23.2 Å². The fraction of sp³-hybridized carbons (Fsp3) is 0.176. The van der Waals surface area contributed by atoms with Crippen LogP contribution in [0.15, 0.2) is 36.9 Å². The van der Waals surface area contributed by atoms with Crippen LogP contribution in [-0.4, -0.2) is 35.6 Å². The van der Waals surface area contributed by atoms with Crippen molar-refractivity contribution < 1.29 is 9.90 Å². The number of hydrogen-bond acceptors (Lipinski definition) is 4. The highest BCUT2D eigenvalue weighted by molar-refractivity contribution is 6.19. The fourth-order valence-corrected chi connectivity index (χ4v) is 2.52. The first kappa shape index (κ1) is 15.7. The Bertz CT molecular complexity index is 916. The summed E-state index contributed by atoms with van der Waals surface area (Å²) in [5, 5.41) is 17.8. The molecule has 122 valence electrons. The van der Waals surface area contributed by atoms with Crippen LogP contribution in [0, 0.1) is 13.8 Å². The molecule has 0 saturated carbocycles. The normalized spacial score (nSPS) is 11.7. The Morgan fingerprint density at radius 3 is 2.50 bits per heavy atom. The first-order valence-electron chi connectivity index (χ1n) is 7.36. The Hall–Kier alpha value is -3.22. The average molecular weight is 323 g/mol. The lowest BCUT2D eigenvalue weighted by Crippen LogP contribution is -2.01. The molecule has 0 bridgehead atoms. The van der Waals surface area contributed by atoms with Crippen molar-refractivity contribution in [3.63, 3.8) is 0 Å². The number of carboxylic acid groups (broad SMARTS) is 1. The van der Waals surface area contributed by atoms with Gasteiger partial charge in [0.25, 0.3) is 0 Å². The Balaban J connectivity index is 1.98. The molecule has 7 nitrogen and oxygen atoms in total. The van der Waals surface area contributed by atoms with Gasteiger partial charge < -0.3 is 5.11 Å². The first-order valence-corrected chi connectivity index (χ1v) is 7.36. The van der Waals surface area contributed by atoms with Crippen molar-refractivity contribution >= 4 is 17.7 Å². The van der Waals surface area contributed by atoms with Gasteiger partial charge in [0.15, 0.2) is 5.82 Å². The molecule has 2 aromatic heterocycles. The second kappa shape index (κ2) is 6.11. The number of aliphatic carboxylic acids is 1. The smallest absolute Gasteiger partial charge is 0.337 e. The van der Waals surface area contributed by atoms with E-state index in [4.69, 9.17) is 0 Å². The monoisotopic (exact) mass is 323 g/mol. The molecular weight excluding hydrogens is 306 g/mol. The summed E-state index contributed by atoms with van der Waals surface area (Å²) in [4.78, 5) is 15.8. The van der Waals surface area contributed by atoms with Crippen molar-refractivity contribution in [2.24, 2.45) is 7.05 Å². The van der Waals surface area contributed by atoms with Gasteiger partial charge >= 0.3 is 5.97 Å². The maximum atomic E-state index is 11.5. The average Bonchev–Trinajstić information content (AvgIpc) is 3.12. The summed E-state index contributed by atoms with van der Waals surface area (Å²) in [6, 6.07) is 6.07. The summed E-state index contributed by atoms with van der Waals surface area (Å²) in [5.74, 6) is -0.500. The minimum Gasteiger partial charge on any atom is -0.478 e. The van der Waals surface area contributed by atoms with Gasteiger partial charge in [-0.05, 0) is 26.0 Å². The summed E-state index contributed by atoms with van der Waals surface area (Å²) in [6.07, 6.45) is 6.06. The molecule has 0 fully saturated rings. The predicted octanol–water partition coefficient (Wildman–Crippen LogP) is 2.38. The largest absolute Gasteiger partial charge is 0.478 e. The standard InChI is InChI=1S/C17H17N5O2/c1-11-4-12(2)6-13(5-11)16-18-10-22(20-16)9-15(17(23)24)14-7-19-21(3)8-14/h4-10H,1-3H3,(H,23,24)/b15-9+. The van der Waals surface area contributed by atoms with E-state index in [1.165, 1.54) is 23.4 Å². The van der Waals surface area contributed by atoms with Gasteiger partial charge in [-0.15, -0.1) is 5.10 Å². The highest BCUT2D eigenvalue weighted by Crippen LogP contribution is 2.19. The molecular formula is C17H17N5O2. The zero-order chi connectivity index (χ0) is 17.3. The van der Waals surface area contributed by atoms with Crippen LogP contribution >= 0.6 is 0 Å². The third kappa shape index (κ3) is 3.24. The van der Waals surface area contributed by atoms with Crippen LogP contribution in [0.1, 0.15) is 16.7 Å². The van der Waals surface area contributed by atoms with Gasteiger partial charge in [0.05, 0.1) is 11.8 Å².